The van der Waals surface area contributed by atoms with E-state index in [9.17, 15) is 28.5 Å². The van der Waals surface area contributed by atoms with Crippen molar-refractivity contribution in [2.24, 2.45) is 0 Å². The van der Waals surface area contributed by atoms with Crippen LogP contribution in [0.5, 0.6) is 0 Å². The quantitative estimate of drug-likeness (QED) is 0.0488. The average molecular weight is 1120 g/mol. The summed E-state index contributed by atoms with van der Waals surface area (Å²) in [5.41, 5.74) is 2.81. The maximum Gasteiger partial charge on any atom is 0.340 e. The molecule has 0 radical (unpaired) electrons. The van der Waals surface area contributed by atoms with Crippen LogP contribution in [0.25, 0.3) is 43.1 Å². The summed E-state index contributed by atoms with van der Waals surface area (Å²) in [7, 11) is -8.66. The average Bonchev–Trinajstić information content (AvgIpc) is 3.54. The van der Waals surface area contributed by atoms with Crippen LogP contribution in [0.15, 0.2) is 158 Å². The largest absolute Gasteiger partial charge is 0.340 e. The second-order valence-electron chi connectivity index (χ2n) is 23.5. The molecular weight excluding hydrogens is 1030 g/mol. The fraction of sp³-hybridized carbons (Fsp3) is 0.373. The molecule has 8 aromatic rings. The highest BCUT2D eigenvalue weighted by Crippen LogP contribution is 2.59. The summed E-state index contributed by atoms with van der Waals surface area (Å²) in [6, 6.07) is 52.4. The highest BCUT2D eigenvalue weighted by Gasteiger charge is 2.39. The normalized spacial score (nSPS) is 16.1. The molecule has 0 aromatic heterocycles. The lowest BCUT2D eigenvalue weighted by Gasteiger charge is -2.26. The molecule has 2 fully saturated rings. The van der Waals surface area contributed by atoms with E-state index < -0.39 is 40.1 Å². The zero-order valence-corrected chi connectivity index (χ0v) is 50.0. The maximum absolute atomic E-state index is 14.2. The van der Waals surface area contributed by atoms with Gasteiger partial charge in [0.05, 0.1) is 6.61 Å². The van der Waals surface area contributed by atoms with E-state index in [0.29, 0.717) is 36.2 Å². The summed E-state index contributed by atoms with van der Waals surface area (Å²) in [6.07, 6.45) is 12.5. The Kier molecular flexibility index (Phi) is 20.7. The molecule has 79 heavy (non-hydrogen) atoms. The zero-order chi connectivity index (χ0) is 56.2. The molecule has 0 saturated heterocycles. The molecular formula is C67H82N2O7P2Si. The van der Waals surface area contributed by atoms with Crippen LogP contribution in [0.1, 0.15) is 116 Å². The highest BCUT2D eigenvalue weighted by molar-refractivity contribution is 7.59. The van der Waals surface area contributed by atoms with E-state index >= 15 is 0 Å². The minimum atomic E-state index is -4.76. The summed E-state index contributed by atoms with van der Waals surface area (Å²) in [6.45, 7) is 14.4. The zero-order valence-electron chi connectivity index (χ0n) is 47.3. The second kappa shape index (κ2) is 27.4. The molecule has 10 rings (SSSR count). The fourth-order valence-electron chi connectivity index (χ4n) is 11.6. The number of ketones is 2. The number of carbonyl (C=O) groups is 2. The Balaban J connectivity index is 0.000000192. The minimum Gasteiger partial charge on any atom is -0.328 e. The van der Waals surface area contributed by atoms with Crippen molar-refractivity contribution in [3.8, 4) is 0 Å². The summed E-state index contributed by atoms with van der Waals surface area (Å²) >= 11 is 0. The van der Waals surface area contributed by atoms with Gasteiger partial charge in [-0.3, -0.25) is 18.7 Å². The van der Waals surface area contributed by atoms with Crippen LogP contribution >= 0.6 is 15.0 Å². The van der Waals surface area contributed by atoms with Crippen molar-refractivity contribution in [2.45, 2.75) is 147 Å². The number of Topliss-reactive ketones (excluding diaryl/α,β-unsaturated/α-hetero) is 2. The topological polar surface area (TPSA) is 142 Å². The molecule has 0 bridgehead atoms. The van der Waals surface area contributed by atoms with Crippen molar-refractivity contribution >= 4 is 77.7 Å². The van der Waals surface area contributed by atoms with Crippen molar-refractivity contribution in [3.63, 3.8) is 0 Å². The lowest BCUT2D eigenvalue weighted by Crippen LogP contribution is -2.31. The Morgan fingerprint density at radius 3 is 1.22 bits per heavy atom. The summed E-state index contributed by atoms with van der Waals surface area (Å²) in [5.74, 6) is -0.524. The van der Waals surface area contributed by atoms with Gasteiger partial charge in [0.25, 0.3) is 0 Å². The molecule has 0 aliphatic heterocycles. The van der Waals surface area contributed by atoms with Crippen LogP contribution in [0, 0.1) is 0 Å². The molecule has 9 nitrogen and oxygen atoms in total. The van der Waals surface area contributed by atoms with E-state index in [-0.39, 0.29) is 18.6 Å². The van der Waals surface area contributed by atoms with Gasteiger partial charge in [0.15, 0.2) is 11.6 Å². The lowest BCUT2D eigenvalue weighted by molar-refractivity contribution is -0.119. The minimum absolute atomic E-state index is 0.0362. The monoisotopic (exact) mass is 1120 g/mol. The molecule has 2 aliphatic carbocycles. The first-order valence-electron chi connectivity index (χ1n) is 28.6. The fourth-order valence-corrected chi connectivity index (χ4v) is 14.6. The first-order chi connectivity index (χ1) is 37.9. The first-order valence-corrected chi connectivity index (χ1v) is 36.4. The van der Waals surface area contributed by atoms with Crippen LogP contribution in [0.2, 0.25) is 26.2 Å². The number of carbonyl (C=O) groups excluding carboxylic acids is 2. The molecule has 3 atom stereocenters. The van der Waals surface area contributed by atoms with Crippen LogP contribution in [-0.2, 0) is 49.2 Å². The molecule has 416 valence electrons. The number of hydrogen-bond acceptors (Lipinski definition) is 7. The summed E-state index contributed by atoms with van der Waals surface area (Å²) < 4.78 is 32.5. The first kappa shape index (κ1) is 59.7. The van der Waals surface area contributed by atoms with Crippen LogP contribution in [-0.4, -0.2) is 54.8 Å². The highest BCUT2D eigenvalue weighted by atomic mass is 31.2. The molecule has 0 amide bonds. The standard InChI is InChI=1S/C33H38NO3P.C30H32NO4P.C4H12Si/c1-3-37-38(2,36)33(31-19-11-15-24-12-9-10-18-30(24)31)32(35)22-27-20-25-13-7-8-14-26(25)21-28(27)23-34-29-16-5-4-6-17-29;32-29(30(36(33,34)35)28-16-8-12-21-9-6-7-15-27(21)28)19-24-17-22-10-4-5-11-23(22)18-25(24)20-31-26-13-2-1-3-14-26;1-5(2,3)4/h7-15,18-21,29,33-34H,3-6,16-17,22-23H2,1-2H3;4-12,15-18,26,30-31H,1-3,13-14,19-20H2,(H2,33,34,35);1-4H3. The Morgan fingerprint density at radius 1 is 0.506 bits per heavy atom. The van der Waals surface area contributed by atoms with Crippen molar-refractivity contribution < 1.29 is 33.0 Å². The van der Waals surface area contributed by atoms with Gasteiger partial charge in [0.1, 0.15) is 11.3 Å². The molecule has 0 heterocycles. The van der Waals surface area contributed by atoms with Gasteiger partial charge in [-0.15, -0.1) is 0 Å². The Labute approximate surface area is 470 Å². The van der Waals surface area contributed by atoms with Crippen molar-refractivity contribution in [2.75, 3.05) is 13.3 Å². The van der Waals surface area contributed by atoms with Crippen molar-refractivity contribution in [1.82, 2.24) is 10.6 Å². The molecule has 4 N–H and O–H groups in total. The molecule has 8 aromatic carbocycles. The van der Waals surface area contributed by atoms with E-state index in [4.69, 9.17) is 4.52 Å². The Hall–Kier alpha value is -5.38. The molecule has 2 saturated carbocycles. The molecule has 2 aliphatic rings. The van der Waals surface area contributed by atoms with Crippen molar-refractivity contribution in [1.29, 1.82) is 0 Å². The second-order valence-corrected chi connectivity index (χ2v) is 33.8. The lowest BCUT2D eigenvalue weighted by atomic mass is 9.92. The predicted octanol–water partition coefficient (Wildman–Crippen LogP) is 16.6. The van der Waals surface area contributed by atoms with Gasteiger partial charge in [-0.2, -0.15) is 0 Å². The predicted molar refractivity (Wildman–Crippen MR) is 333 cm³/mol. The number of hydrogen-bond donors (Lipinski definition) is 4. The summed E-state index contributed by atoms with van der Waals surface area (Å²) in [4.78, 5) is 48.5. The summed E-state index contributed by atoms with van der Waals surface area (Å²) in [5, 5.41) is 15.3. The third-order valence-corrected chi connectivity index (χ3v) is 18.8. The number of fused-ring (bicyclic) bond motifs is 4. The van der Waals surface area contributed by atoms with Gasteiger partial charge in [-0.25, -0.2) is 0 Å². The number of nitrogens with one attached hydrogen (secondary N) is 2. The van der Waals surface area contributed by atoms with Gasteiger partial charge in [-0.1, -0.05) is 210 Å². The molecule has 12 heteroatoms. The van der Waals surface area contributed by atoms with E-state index in [1.807, 2.05) is 110 Å². The maximum atomic E-state index is 14.2. The van der Waals surface area contributed by atoms with Gasteiger partial charge in [0.2, 0.25) is 7.37 Å². The molecule has 0 spiro atoms. The Bertz CT molecular complexity index is 3450. The van der Waals surface area contributed by atoms with Gasteiger partial charge in [0, 0.05) is 52.8 Å². The van der Waals surface area contributed by atoms with E-state index in [1.54, 1.807) is 18.8 Å². The number of rotatable bonds is 18. The van der Waals surface area contributed by atoms with Crippen molar-refractivity contribution in [3.05, 3.63) is 191 Å². The van der Waals surface area contributed by atoms with E-state index in [1.165, 1.54) is 56.8 Å². The number of benzene rings is 8. The Morgan fingerprint density at radius 2 is 0.835 bits per heavy atom. The smallest absolute Gasteiger partial charge is 0.328 e. The van der Waals surface area contributed by atoms with Gasteiger partial charge < -0.3 is 24.9 Å². The van der Waals surface area contributed by atoms with E-state index in [2.05, 4.69) is 79.3 Å². The van der Waals surface area contributed by atoms with Crippen LogP contribution in [0.3, 0.4) is 0 Å². The third kappa shape index (κ3) is 16.4. The van der Waals surface area contributed by atoms with Crippen LogP contribution in [0.4, 0.5) is 0 Å². The third-order valence-electron chi connectivity index (χ3n) is 15.3. The van der Waals surface area contributed by atoms with Crippen LogP contribution < -0.4 is 10.6 Å². The van der Waals surface area contributed by atoms with Gasteiger partial charge >= 0.3 is 7.60 Å². The SMILES string of the molecule is CCOP(C)(=O)C(C(=O)Cc1cc2ccccc2cc1CNC1CCCCC1)c1cccc2ccccc12.C[Si](C)(C)C.O=C(Cc1cc2ccccc2cc1CNC1CCCCC1)C(c1cccc2ccccc12)P(=O)(O)O. The molecule has 3 unspecified atom stereocenters. The van der Waals surface area contributed by atoms with Gasteiger partial charge in [-0.05, 0) is 121 Å². The van der Waals surface area contributed by atoms with E-state index in [0.717, 1.165) is 79.5 Å².